The summed E-state index contributed by atoms with van der Waals surface area (Å²) < 4.78 is 39.4. The lowest BCUT2D eigenvalue weighted by molar-refractivity contribution is -0.119. The van der Waals surface area contributed by atoms with Crippen molar-refractivity contribution < 1.29 is 22.7 Å². The Bertz CT molecular complexity index is 1590. The van der Waals surface area contributed by atoms with E-state index >= 15 is 0 Å². The molecule has 0 aromatic heterocycles. The third-order valence-corrected chi connectivity index (χ3v) is 8.12. The van der Waals surface area contributed by atoms with E-state index < -0.39 is 22.5 Å². The molecular formula is C31H30ClN3O5S. The van der Waals surface area contributed by atoms with Crippen LogP contribution in [-0.4, -0.2) is 33.7 Å². The van der Waals surface area contributed by atoms with Gasteiger partial charge in [0, 0.05) is 10.6 Å². The molecule has 0 aliphatic carbocycles. The van der Waals surface area contributed by atoms with E-state index in [0.717, 1.165) is 15.4 Å². The lowest BCUT2D eigenvalue weighted by atomic mass is 10.2. The topological polar surface area (TPSA) is 97.3 Å². The van der Waals surface area contributed by atoms with E-state index in [9.17, 15) is 13.2 Å². The summed E-state index contributed by atoms with van der Waals surface area (Å²) in [6.45, 7) is 4.06. The predicted molar refractivity (Wildman–Crippen MR) is 161 cm³/mol. The molecule has 0 heterocycles. The van der Waals surface area contributed by atoms with Crippen LogP contribution in [0.2, 0.25) is 5.02 Å². The number of sulfonamides is 1. The number of nitrogens with zero attached hydrogens (tertiary/aromatic N) is 2. The van der Waals surface area contributed by atoms with Crippen LogP contribution in [0.3, 0.4) is 0 Å². The number of ether oxygens (including phenoxy) is 2. The maximum absolute atomic E-state index is 13.5. The summed E-state index contributed by atoms with van der Waals surface area (Å²) in [6.07, 6.45) is 1.46. The number of hydrogen-bond donors (Lipinski definition) is 1. The summed E-state index contributed by atoms with van der Waals surface area (Å²) in [4.78, 5) is 12.9. The molecule has 0 aliphatic heterocycles. The normalized spacial score (nSPS) is 11.3. The van der Waals surface area contributed by atoms with Gasteiger partial charge in [0.05, 0.1) is 23.4 Å². The van der Waals surface area contributed by atoms with Crippen LogP contribution in [0.1, 0.15) is 23.6 Å². The Morgan fingerprint density at radius 3 is 2.20 bits per heavy atom. The second-order valence-corrected chi connectivity index (χ2v) is 11.3. The van der Waals surface area contributed by atoms with Gasteiger partial charge in [-0.2, -0.15) is 5.10 Å². The molecule has 0 aliphatic rings. The molecule has 41 heavy (non-hydrogen) atoms. The Hall–Kier alpha value is -4.34. The van der Waals surface area contributed by atoms with Crippen LogP contribution in [-0.2, 0) is 21.4 Å². The first-order valence-corrected chi connectivity index (χ1v) is 14.7. The van der Waals surface area contributed by atoms with Crippen molar-refractivity contribution in [3.8, 4) is 11.5 Å². The number of anilines is 1. The van der Waals surface area contributed by atoms with Gasteiger partial charge in [-0.3, -0.25) is 9.10 Å². The molecule has 0 atom stereocenters. The molecule has 212 valence electrons. The monoisotopic (exact) mass is 591 g/mol. The molecule has 1 amide bonds. The van der Waals surface area contributed by atoms with Gasteiger partial charge in [-0.15, -0.1) is 0 Å². The summed E-state index contributed by atoms with van der Waals surface area (Å²) in [5.74, 6) is 0.641. The maximum atomic E-state index is 13.5. The number of hydrazone groups is 1. The first-order valence-electron chi connectivity index (χ1n) is 12.9. The fraction of sp³-hybridized carbons (Fsp3) is 0.161. The second-order valence-electron chi connectivity index (χ2n) is 8.99. The zero-order chi connectivity index (χ0) is 29.2. The van der Waals surface area contributed by atoms with Gasteiger partial charge in [0.15, 0.2) is 0 Å². The molecule has 8 nitrogen and oxygen atoms in total. The largest absolute Gasteiger partial charge is 0.494 e. The van der Waals surface area contributed by atoms with Crippen molar-refractivity contribution in [1.29, 1.82) is 0 Å². The van der Waals surface area contributed by atoms with Crippen LogP contribution in [0.25, 0.3) is 0 Å². The molecule has 0 saturated heterocycles. The number of carbonyl (C=O) groups is 1. The van der Waals surface area contributed by atoms with Crippen LogP contribution in [0.5, 0.6) is 11.5 Å². The van der Waals surface area contributed by atoms with Crippen LogP contribution < -0.4 is 19.2 Å². The first kappa shape index (κ1) is 29.6. The van der Waals surface area contributed by atoms with Crippen LogP contribution in [0.4, 0.5) is 5.69 Å². The number of hydrogen-bond acceptors (Lipinski definition) is 6. The minimum atomic E-state index is -4.04. The number of carbonyl (C=O) groups excluding carboxylic acids is 1. The van der Waals surface area contributed by atoms with Crippen molar-refractivity contribution in [1.82, 2.24) is 5.43 Å². The van der Waals surface area contributed by atoms with Gasteiger partial charge < -0.3 is 9.47 Å². The Labute approximate surface area is 245 Å². The van der Waals surface area contributed by atoms with Gasteiger partial charge in [0.1, 0.15) is 24.7 Å². The number of rotatable bonds is 12. The van der Waals surface area contributed by atoms with E-state index in [2.05, 4.69) is 10.5 Å². The Morgan fingerprint density at radius 2 is 1.54 bits per heavy atom. The molecule has 10 heteroatoms. The van der Waals surface area contributed by atoms with Crippen molar-refractivity contribution in [2.45, 2.75) is 25.3 Å². The molecule has 0 unspecified atom stereocenters. The van der Waals surface area contributed by atoms with Gasteiger partial charge in [0.2, 0.25) is 0 Å². The van der Waals surface area contributed by atoms with Gasteiger partial charge in [0.25, 0.3) is 15.9 Å². The third kappa shape index (κ3) is 8.09. The van der Waals surface area contributed by atoms with Crippen LogP contribution in [0, 0.1) is 6.92 Å². The Morgan fingerprint density at radius 1 is 0.902 bits per heavy atom. The summed E-state index contributed by atoms with van der Waals surface area (Å²) in [7, 11) is -4.04. The van der Waals surface area contributed by atoms with Crippen molar-refractivity contribution in [2.75, 3.05) is 17.5 Å². The van der Waals surface area contributed by atoms with Gasteiger partial charge >= 0.3 is 0 Å². The van der Waals surface area contributed by atoms with Crippen molar-refractivity contribution >= 4 is 39.4 Å². The highest BCUT2D eigenvalue weighted by Gasteiger charge is 2.27. The summed E-state index contributed by atoms with van der Waals surface area (Å²) in [6, 6.07) is 27.6. The highest BCUT2D eigenvalue weighted by molar-refractivity contribution is 7.92. The molecule has 0 radical (unpaired) electrons. The van der Waals surface area contributed by atoms with Gasteiger partial charge in [-0.1, -0.05) is 47.5 Å². The Kier molecular flexibility index (Phi) is 10.00. The SMILES string of the molecule is CCOc1ccc(N(CC(=O)N/N=C\c2ccc(OCc3ccccc3Cl)cc2)S(=O)(=O)c2ccc(C)cc2)cc1. The number of nitrogens with one attached hydrogen (secondary N) is 1. The molecule has 0 spiro atoms. The van der Waals surface area contributed by atoms with E-state index in [-0.39, 0.29) is 4.90 Å². The summed E-state index contributed by atoms with van der Waals surface area (Å²) in [5.41, 5.74) is 5.25. The average molecular weight is 592 g/mol. The maximum Gasteiger partial charge on any atom is 0.264 e. The van der Waals surface area contributed by atoms with E-state index in [1.54, 1.807) is 60.7 Å². The van der Waals surface area contributed by atoms with Crippen molar-refractivity contribution in [3.05, 3.63) is 119 Å². The molecule has 4 aromatic carbocycles. The highest BCUT2D eigenvalue weighted by Crippen LogP contribution is 2.26. The number of benzene rings is 4. The average Bonchev–Trinajstić information content (AvgIpc) is 2.97. The van der Waals surface area contributed by atoms with Gasteiger partial charge in [-0.05, 0) is 86.1 Å². The number of halogens is 1. The van der Waals surface area contributed by atoms with Crippen molar-refractivity contribution in [3.63, 3.8) is 0 Å². The molecule has 4 rings (SSSR count). The minimum Gasteiger partial charge on any atom is -0.494 e. The predicted octanol–water partition coefficient (Wildman–Crippen LogP) is 5.97. The van der Waals surface area contributed by atoms with Gasteiger partial charge in [-0.25, -0.2) is 13.8 Å². The second kappa shape index (κ2) is 13.8. The van der Waals surface area contributed by atoms with Crippen molar-refractivity contribution in [2.24, 2.45) is 5.10 Å². The zero-order valence-corrected chi connectivity index (χ0v) is 24.2. The van der Waals surface area contributed by atoms with E-state index in [4.69, 9.17) is 21.1 Å². The fourth-order valence-corrected chi connectivity index (χ4v) is 5.41. The molecule has 0 fully saturated rings. The zero-order valence-electron chi connectivity index (χ0n) is 22.7. The highest BCUT2D eigenvalue weighted by atomic mass is 35.5. The molecule has 0 saturated carbocycles. The van der Waals surface area contributed by atoms with E-state index in [1.807, 2.05) is 38.1 Å². The summed E-state index contributed by atoms with van der Waals surface area (Å²) >= 11 is 6.17. The fourth-order valence-electron chi connectivity index (χ4n) is 3.80. The smallest absolute Gasteiger partial charge is 0.264 e. The molecule has 4 aromatic rings. The third-order valence-electron chi connectivity index (χ3n) is 5.97. The Balaban J connectivity index is 1.42. The first-order chi connectivity index (χ1) is 19.8. The lowest BCUT2D eigenvalue weighted by Gasteiger charge is -2.24. The number of aryl methyl sites for hydroxylation is 1. The van der Waals surface area contributed by atoms with E-state index in [0.29, 0.717) is 41.0 Å². The standard InChI is InChI=1S/C31H30ClN3O5S/c1-3-39-27-16-12-26(13-17-27)35(41(37,38)29-18-8-23(2)9-19-29)21-31(36)34-33-20-24-10-14-28(15-11-24)40-22-25-6-4-5-7-30(25)32/h4-20H,3,21-22H2,1-2H3,(H,34,36)/b33-20-. The number of amides is 1. The summed E-state index contributed by atoms with van der Waals surface area (Å²) in [5, 5.41) is 4.64. The quantitative estimate of drug-likeness (QED) is 0.162. The minimum absolute atomic E-state index is 0.0742. The molecule has 0 bridgehead atoms. The van der Waals surface area contributed by atoms with Crippen LogP contribution in [0.15, 0.2) is 107 Å². The van der Waals surface area contributed by atoms with E-state index in [1.165, 1.54) is 18.3 Å². The molecule has 1 N–H and O–H groups in total. The lowest BCUT2D eigenvalue weighted by Crippen LogP contribution is -2.39. The van der Waals surface area contributed by atoms with Crippen LogP contribution >= 0.6 is 11.6 Å². The molecular weight excluding hydrogens is 562 g/mol.